The zero-order chi connectivity index (χ0) is 12.0. The maximum atomic E-state index is 4.17. The maximum absolute atomic E-state index is 4.17. The van der Waals surface area contributed by atoms with Gasteiger partial charge in [-0.2, -0.15) is 16.9 Å². The first-order valence-electron chi connectivity index (χ1n) is 5.82. The van der Waals surface area contributed by atoms with Gasteiger partial charge in [-0.25, -0.2) is 0 Å². The van der Waals surface area contributed by atoms with Crippen molar-refractivity contribution in [2.75, 3.05) is 12.3 Å². The predicted octanol–water partition coefficient (Wildman–Crippen LogP) is 2.39. The van der Waals surface area contributed by atoms with Gasteiger partial charge < -0.3 is 5.32 Å². The Morgan fingerprint density at radius 3 is 2.75 bits per heavy atom. The summed E-state index contributed by atoms with van der Waals surface area (Å²) < 4.78 is 2.31. The van der Waals surface area contributed by atoms with Crippen LogP contribution in [0.15, 0.2) is 18.5 Å². The van der Waals surface area contributed by atoms with Gasteiger partial charge in [0, 0.05) is 35.5 Å². The molecule has 0 aliphatic rings. The summed E-state index contributed by atoms with van der Waals surface area (Å²) in [6, 6.07) is 2.51. The van der Waals surface area contributed by atoms with Crippen LogP contribution in [0.4, 0.5) is 0 Å². The molecule has 0 saturated carbocycles. The highest BCUT2D eigenvalue weighted by molar-refractivity contribution is 8.00. The second-order valence-electron chi connectivity index (χ2n) is 5.05. The van der Waals surface area contributed by atoms with Gasteiger partial charge in [0.25, 0.3) is 0 Å². The van der Waals surface area contributed by atoms with Crippen LogP contribution in [-0.4, -0.2) is 32.9 Å². The molecule has 0 aliphatic carbocycles. The summed E-state index contributed by atoms with van der Waals surface area (Å²) in [7, 11) is 0. The summed E-state index contributed by atoms with van der Waals surface area (Å²) >= 11 is 2.00. The van der Waals surface area contributed by atoms with Gasteiger partial charge >= 0.3 is 0 Å². The number of aromatic nitrogens is 2. The van der Waals surface area contributed by atoms with Crippen molar-refractivity contribution in [1.29, 1.82) is 0 Å². The first-order chi connectivity index (χ1) is 7.47. The zero-order valence-electron chi connectivity index (χ0n) is 10.7. The summed E-state index contributed by atoms with van der Waals surface area (Å²) in [5.41, 5.74) is 0. The molecule has 0 spiro atoms. The Balaban J connectivity index is 2.09. The molecule has 1 unspecified atom stereocenters. The second kappa shape index (κ2) is 6.30. The van der Waals surface area contributed by atoms with Crippen LogP contribution in [0.5, 0.6) is 0 Å². The van der Waals surface area contributed by atoms with Crippen LogP contribution in [0.3, 0.4) is 0 Å². The lowest BCUT2D eigenvalue weighted by atomic mass is 10.3. The van der Waals surface area contributed by atoms with Crippen molar-refractivity contribution in [1.82, 2.24) is 15.1 Å². The Kier molecular flexibility index (Phi) is 5.35. The van der Waals surface area contributed by atoms with Crippen molar-refractivity contribution in [3.8, 4) is 0 Å². The van der Waals surface area contributed by atoms with Crippen molar-refractivity contribution in [2.45, 2.75) is 45.0 Å². The van der Waals surface area contributed by atoms with E-state index in [0.717, 1.165) is 18.8 Å². The summed E-state index contributed by atoms with van der Waals surface area (Å²) in [5.74, 6) is 1.16. The third-order valence-electron chi connectivity index (χ3n) is 2.16. The van der Waals surface area contributed by atoms with Crippen LogP contribution in [0, 0.1) is 0 Å². The molecule has 1 aromatic heterocycles. The van der Waals surface area contributed by atoms with Crippen molar-refractivity contribution in [3.63, 3.8) is 0 Å². The van der Waals surface area contributed by atoms with E-state index in [4.69, 9.17) is 0 Å². The van der Waals surface area contributed by atoms with Crippen LogP contribution in [0.25, 0.3) is 0 Å². The number of hydrogen-bond donors (Lipinski definition) is 1. The SMILES string of the molecule is CC(CSC(C)(C)C)NCCn1cccn1. The van der Waals surface area contributed by atoms with Crippen molar-refractivity contribution in [2.24, 2.45) is 0 Å². The monoisotopic (exact) mass is 241 g/mol. The van der Waals surface area contributed by atoms with Crippen molar-refractivity contribution < 1.29 is 0 Å². The number of rotatable bonds is 6. The van der Waals surface area contributed by atoms with Gasteiger partial charge in [0.1, 0.15) is 0 Å². The molecule has 0 fully saturated rings. The molecule has 3 nitrogen and oxygen atoms in total. The Morgan fingerprint density at radius 2 is 2.19 bits per heavy atom. The fourth-order valence-corrected chi connectivity index (χ4v) is 2.16. The minimum atomic E-state index is 0.359. The van der Waals surface area contributed by atoms with E-state index in [-0.39, 0.29) is 0 Å². The molecule has 92 valence electrons. The van der Waals surface area contributed by atoms with E-state index in [1.54, 1.807) is 0 Å². The molecule has 0 bridgehead atoms. The molecular weight excluding hydrogens is 218 g/mol. The quantitative estimate of drug-likeness (QED) is 0.829. The van der Waals surface area contributed by atoms with Crippen molar-refractivity contribution in [3.05, 3.63) is 18.5 Å². The lowest BCUT2D eigenvalue weighted by Gasteiger charge is -2.21. The summed E-state index contributed by atoms with van der Waals surface area (Å²) in [6.07, 6.45) is 3.81. The first kappa shape index (κ1) is 13.6. The van der Waals surface area contributed by atoms with E-state index < -0.39 is 0 Å². The second-order valence-corrected chi connectivity index (χ2v) is 6.89. The molecule has 0 radical (unpaired) electrons. The van der Waals surface area contributed by atoms with Gasteiger partial charge in [-0.15, -0.1) is 0 Å². The van der Waals surface area contributed by atoms with Gasteiger partial charge in [0.05, 0.1) is 6.54 Å². The van der Waals surface area contributed by atoms with Crippen LogP contribution >= 0.6 is 11.8 Å². The minimum Gasteiger partial charge on any atom is -0.312 e. The lowest BCUT2D eigenvalue weighted by molar-refractivity contribution is 0.518. The Hall–Kier alpha value is -0.480. The first-order valence-corrected chi connectivity index (χ1v) is 6.81. The van der Waals surface area contributed by atoms with Gasteiger partial charge in [-0.3, -0.25) is 4.68 Å². The molecule has 16 heavy (non-hydrogen) atoms. The molecule has 4 heteroatoms. The van der Waals surface area contributed by atoms with E-state index in [9.17, 15) is 0 Å². The molecule has 0 aliphatic heterocycles. The maximum Gasteiger partial charge on any atom is 0.0534 e. The number of nitrogens with zero attached hydrogens (tertiary/aromatic N) is 2. The topological polar surface area (TPSA) is 29.9 Å². The molecule has 0 amide bonds. The Morgan fingerprint density at radius 1 is 1.44 bits per heavy atom. The van der Waals surface area contributed by atoms with E-state index in [0.29, 0.717) is 10.8 Å². The van der Waals surface area contributed by atoms with Crippen molar-refractivity contribution >= 4 is 11.8 Å². The normalized spacial score (nSPS) is 14.0. The van der Waals surface area contributed by atoms with Crippen LogP contribution in [0.2, 0.25) is 0 Å². The summed E-state index contributed by atoms with van der Waals surface area (Å²) in [5, 5.41) is 7.68. The Bertz CT molecular complexity index is 277. The molecular formula is C12H23N3S. The fraction of sp³-hybridized carbons (Fsp3) is 0.750. The largest absolute Gasteiger partial charge is 0.312 e. The fourth-order valence-electron chi connectivity index (χ4n) is 1.29. The highest BCUT2D eigenvalue weighted by Gasteiger charge is 2.12. The average Bonchev–Trinajstić information content (AvgIpc) is 2.66. The summed E-state index contributed by atoms with van der Waals surface area (Å²) in [6.45, 7) is 10.9. The van der Waals surface area contributed by atoms with Gasteiger partial charge in [0.2, 0.25) is 0 Å². The highest BCUT2D eigenvalue weighted by Crippen LogP contribution is 2.23. The van der Waals surface area contributed by atoms with Crippen LogP contribution in [0.1, 0.15) is 27.7 Å². The molecule has 1 aromatic rings. The third-order valence-corrected chi connectivity index (χ3v) is 3.69. The van der Waals surface area contributed by atoms with Gasteiger partial charge in [-0.1, -0.05) is 20.8 Å². The smallest absolute Gasteiger partial charge is 0.0534 e. The molecule has 1 atom stereocenters. The minimum absolute atomic E-state index is 0.359. The van der Waals surface area contributed by atoms with Crippen LogP contribution in [-0.2, 0) is 6.54 Å². The lowest BCUT2D eigenvalue weighted by Crippen LogP contribution is -2.32. The molecule has 1 rings (SSSR count). The molecule has 0 aromatic carbocycles. The molecule has 0 saturated heterocycles. The highest BCUT2D eigenvalue weighted by atomic mass is 32.2. The van der Waals surface area contributed by atoms with E-state index in [1.807, 2.05) is 34.9 Å². The van der Waals surface area contributed by atoms with Gasteiger partial charge in [-0.05, 0) is 13.0 Å². The van der Waals surface area contributed by atoms with Crippen LogP contribution < -0.4 is 5.32 Å². The van der Waals surface area contributed by atoms with Gasteiger partial charge in [0.15, 0.2) is 0 Å². The van der Waals surface area contributed by atoms with E-state index >= 15 is 0 Å². The zero-order valence-corrected chi connectivity index (χ0v) is 11.5. The molecule has 1 N–H and O–H groups in total. The number of thioether (sulfide) groups is 1. The average molecular weight is 241 g/mol. The number of hydrogen-bond acceptors (Lipinski definition) is 3. The third kappa shape index (κ3) is 6.18. The Labute approximate surface area is 103 Å². The van der Waals surface area contributed by atoms with E-state index in [2.05, 4.69) is 38.1 Å². The number of nitrogens with one attached hydrogen (secondary N) is 1. The standard InChI is InChI=1S/C12H23N3S/c1-11(10-16-12(2,3)4)13-7-9-15-8-5-6-14-15/h5-6,8,11,13H,7,9-10H2,1-4H3. The predicted molar refractivity (Wildman–Crippen MR) is 71.9 cm³/mol. The molecule has 1 heterocycles. The van der Waals surface area contributed by atoms with E-state index in [1.165, 1.54) is 0 Å². The summed E-state index contributed by atoms with van der Waals surface area (Å²) in [4.78, 5) is 0.